The standard InChI is InChI=1S/C15H19ClN2O2S/c1-12(2)18(11-14-5-4-10-17(14)3)21(19,20)15-8-6-13(16)7-9-15/h4-10,12H,11H2,1-3H3. The molecule has 0 spiro atoms. The average Bonchev–Trinajstić information content (AvgIpc) is 2.81. The highest BCUT2D eigenvalue weighted by Crippen LogP contribution is 2.22. The van der Waals surface area contributed by atoms with Gasteiger partial charge in [0.25, 0.3) is 0 Å². The summed E-state index contributed by atoms with van der Waals surface area (Å²) in [7, 11) is -1.64. The predicted molar refractivity (Wildman–Crippen MR) is 84.7 cm³/mol. The summed E-state index contributed by atoms with van der Waals surface area (Å²) in [5.41, 5.74) is 0.946. The number of aromatic nitrogens is 1. The minimum atomic E-state index is -3.55. The molecular formula is C15H19ClN2O2S. The van der Waals surface area contributed by atoms with Gasteiger partial charge in [0, 0.05) is 30.0 Å². The Balaban J connectivity index is 2.37. The van der Waals surface area contributed by atoms with E-state index in [1.807, 2.05) is 43.8 Å². The zero-order valence-electron chi connectivity index (χ0n) is 12.3. The number of hydrogen-bond donors (Lipinski definition) is 0. The maximum absolute atomic E-state index is 12.8. The molecule has 0 saturated carbocycles. The minimum Gasteiger partial charge on any atom is -0.353 e. The number of halogens is 1. The lowest BCUT2D eigenvalue weighted by atomic mass is 10.3. The van der Waals surface area contributed by atoms with Gasteiger partial charge >= 0.3 is 0 Å². The Morgan fingerprint density at radius 2 is 1.81 bits per heavy atom. The van der Waals surface area contributed by atoms with E-state index in [-0.39, 0.29) is 10.9 Å². The lowest BCUT2D eigenvalue weighted by molar-refractivity contribution is 0.341. The third-order valence-corrected chi connectivity index (χ3v) is 5.65. The molecule has 114 valence electrons. The van der Waals surface area contributed by atoms with Crippen LogP contribution in [0.15, 0.2) is 47.5 Å². The van der Waals surface area contributed by atoms with Gasteiger partial charge in [0.15, 0.2) is 0 Å². The molecule has 0 fully saturated rings. The van der Waals surface area contributed by atoms with E-state index in [1.54, 1.807) is 12.1 Å². The number of hydrogen-bond acceptors (Lipinski definition) is 2. The Morgan fingerprint density at radius 3 is 2.29 bits per heavy atom. The Morgan fingerprint density at radius 1 is 1.19 bits per heavy atom. The molecule has 0 atom stereocenters. The van der Waals surface area contributed by atoms with Gasteiger partial charge in [-0.05, 0) is 50.2 Å². The van der Waals surface area contributed by atoms with Gasteiger partial charge in [-0.2, -0.15) is 4.31 Å². The molecule has 0 aliphatic heterocycles. The maximum Gasteiger partial charge on any atom is 0.243 e. The fraction of sp³-hybridized carbons (Fsp3) is 0.333. The van der Waals surface area contributed by atoms with Crippen molar-refractivity contribution >= 4 is 21.6 Å². The van der Waals surface area contributed by atoms with Crippen molar-refractivity contribution in [3.63, 3.8) is 0 Å². The Labute approximate surface area is 131 Å². The smallest absolute Gasteiger partial charge is 0.243 e. The van der Waals surface area contributed by atoms with E-state index < -0.39 is 10.0 Å². The van der Waals surface area contributed by atoms with E-state index in [9.17, 15) is 8.42 Å². The second-order valence-electron chi connectivity index (χ2n) is 5.21. The highest BCUT2D eigenvalue weighted by atomic mass is 35.5. The van der Waals surface area contributed by atoms with Crippen LogP contribution in [0.5, 0.6) is 0 Å². The van der Waals surface area contributed by atoms with Crippen molar-refractivity contribution in [3.05, 3.63) is 53.3 Å². The molecule has 4 nitrogen and oxygen atoms in total. The van der Waals surface area contributed by atoms with E-state index in [2.05, 4.69) is 0 Å². The molecule has 1 aromatic carbocycles. The van der Waals surface area contributed by atoms with Crippen molar-refractivity contribution in [2.24, 2.45) is 7.05 Å². The van der Waals surface area contributed by atoms with Crippen LogP contribution < -0.4 is 0 Å². The molecule has 0 amide bonds. The number of sulfonamides is 1. The van der Waals surface area contributed by atoms with Crippen molar-refractivity contribution in [2.75, 3.05) is 0 Å². The van der Waals surface area contributed by atoms with Crippen LogP contribution >= 0.6 is 11.6 Å². The molecule has 6 heteroatoms. The molecule has 0 bridgehead atoms. The molecule has 1 heterocycles. The number of nitrogens with zero attached hydrogens (tertiary/aromatic N) is 2. The second-order valence-corrected chi connectivity index (χ2v) is 7.54. The van der Waals surface area contributed by atoms with Crippen molar-refractivity contribution < 1.29 is 8.42 Å². The number of aryl methyl sites for hydroxylation is 1. The van der Waals surface area contributed by atoms with Gasteiger partial charge in [0.05, 0.1) is 11.4 Å². The highest BCUT2D eigenvalue weighted by Gasteiger charge is 2.27. The first-order valence-corrected chi connectivity index (χ1v) is 8.52. The van der Waals surface area contributed by atoms with E-state index >= 15 is 0 Å². The lowest BCUT2D eigenvalue weighted by Gasteiger charge is -2.26. The third kappa shape index (κ3) is 3.48. The molecule has 0 saturated heterocycles. The summed E-state index contributed by atoms with van der Waals surface area (Å²) in [6.07, 6.45) is 1.91. The topological polar surface area (TPSA) is 42.3 Å². The molecular weight excluding hydrogens is 308 g/mol. The van der Waals surface area contributed by atoms with Gasteiger partial charge in [-0.3, -0.25) is 0 Å². The monoisotopic (exact) mass is 326 g/mol. The van der Waals surface area contributed by atoms with Gasteiger partial charge in [-0.15, -0.1) is 0 Å². The van der Waals surface area contributed by atoms with Crippen LogP contribution in [0.25, 0.3) is 0 Å². The van der Waals surface area contributed by atoms with Crippen LogP contribution in [-0.4, -0.2) is 23.3 Å². The van der Waals surface area contributed by atoms with Crippen molar-refractivity contribution in [2.45, 2.75) is 31.3 Å². The van der Waals surface area contributed by atoms with Crippen LogP contribution in [-0.2, 0) is 23.6 Å². The largest absolute Gasteiger partial charge is 0.353 e. The van der Waals surface area contributed by atoms with Crippen molar-refractivity contribution in [3.8, 4) is 0 Å². The molecule has 1 aromatic heterocycles. The molecule has 0 N–H and O–H groups in total. The summed E-state index contributed by atoms with van der Waals surface area (Å²) in [4.78, 5) is 0.259. The Hall–Kier alpha value is -1.30. The summed E-state index contributed by atoms with van der Waals surface area (Å²) in [6, 6.07) is 9.96. The average molecular weight is 327 g/mol. The fourth-order valence-corrected chi connectivity index (χ4v) is 3.84. The van der Waals surface area contributed by atoms with Crippen LogP contribution in [0, 0.1) is 0 Å². The summed E-state index contributed by atoms with van der Waals surface area (Å²) >= 11 is 5.83. The zero-order valence-corrected chi connectivity index (χ0v) is 13.9. The van der Waals surface area contributed by atoms with Gasteiger partial charge in [0.2, 0.25) is 10.0 Å². The Bertz CT molecular complexity index is 706. The molecule has 21 heavy (non-hydrogen) atoms. The quantitative estimate of drug-likeness (QED) is 0.846. The first-order chi connectivity index (χ1) is 9.82. The maximum atomic E-state index is 12.8. The molecule has 0 aliphatic rings. The molecule has 0 radical (unpaired) electrons. The fourth-order valence-electron chi connectivity index (χ4n) is 2.11. The van der Waals surface area contributed by atoms with Crippen LogP contribution in [0.3, 0.4) is 0 Å². The second kappa shape index (κ2) is 6.22. The van der Waals surface area contributed by atoms with Gasteiger partial charge in [0.1, 0.15) is 0 Å². The summed E-state index contributed by atoms with van der Waals surface area (Å²) in [5.74, 6) is 0. The Kier molecular flexibility index (Phi) is 4.76. The summed E-state index contributed by atoms with van der Waals surface area (Å²) < 4.78 is 29.0. The lowest BCUT2D eigenvalue weighted by Crippen LogP contribution is -2.36. The van der Waals surface area contributed by atoms with E-state index in [0.717, 1.165) is 5.69 Å². The summed E-state index contributed by atoms with van der Waals surface area (Å²) in [6.45, 7) is 4.08. The molecule has 0 aliphatic carbocycles. The molecule has 0 unspecified atom stereocenters. The van der Waals surface area contributed by atoms with E-state index in [1.165, 1.54) is 16.4 Å². The van der Waals surface area contributed by atoms with Crippen molar-refractivity contribution in [1.82, 2.24) is 8.87 Å². The third-order valence-electron chi connectivity index (χ3n) is 3.37. The zero-order chi connectivity index (χ0) is 15.6. The van der Waals surface area contributed by atoms with Crippen molar-refractivity contribution in [1.29, 1.82) is 0 Å². The van der Waals surface area contributed by atoms with E-state index in [0.29, 0.717) is 11.6 Å². The van der Waals surface area contributed by atoms with Crippen LogP contribution in [0.2, 0.25) is 5.02 Å². The minimum absolute atomic E-state index is 0.138. The number of rotatable bonds is 5. The van der Waals surface area contributed by atoms with Crippen LogP contribution in [0.4, 0.5) is 0 Å². The molecule has 2 rings (SSSR count). The SMILES string of the molecule is CC(C)N(Cc1cccn1C)S(=O)(=O)c1ccc(Cl)cc1. The predicted octanol–water partition coefficient (Wildman–Crippen LogP) is 3.28. The first kappa shape index (κ1) is 16.1. The van der Waals surface area contributed by atoms with E-state index in [4.69, 9.17) is 11.6 Å². The summed E-state index contributed by atoms with van der Waals surface area (Å²) in [5, 5.41) is 0.521. The number of benzene rings is 1. The highest BCUT2D eigenvalue weighted by molar-refractivity contribution is 7.89. The van der Waals surface area contributed by atoms with Gasteiger partial charge in [-0.25, -0.2) is 8.42 Å². The first-order valence-electron chi connectivity index (χ1n) is 6.70. The van der Waals surface area contributed by atoms with Gasteiger partial charge in [-0.1, -0.05) is 11.6 Å². The van der Waals surface area contributed by atoms with Gasteiger partial charge < -0.3 is 4.57 Å². The van der Waals surface area contributed by atoms with Crippen LogP contribution in [0.1, 0.15) is 19.5 Å². The normalized spacial score (nSPS) is 12.3. The molecule has 2 aromatic rings.